The van der Waals surface area contributed by atoms with Crippen LogP contribution in [0.4, 0.5) is 0 Å². The van der Waals surface area contributed by atoms with Gasteiger partial charge in [0.2, 0.25) is 0 Å². The van der Waals surface area contributed by atoms with Gasteiger partial charge in [0, 0.05) is 0 Å². The van der Waals surface area contributed by atoms with E-state index < -0.39 is 17.4 Å². The summed E-state index contributed by atoms with van der Waals surface area (Å²) in [4.78, 5) is 0. The van der Waals surface area contributed by atoms with E-state index in [1.165, 1.54) is 0 Å². The summed E-state index contributed by atoms with van der Waals surface area (Å²) in [6.45, 7) is 26.4. The predicted octanol–water partition coefficient (Wildman–Crippen LogP) is 8.23. The van der Waals surface area contributed by atoms with Gasteiger partial charge in [0.05, 0.1) is 0 Å². The summed E-state index contributed by atoms with van der Waals surface area (Å²) >= 11 is -3.80. The van der Waals surface area contributed by atoms with Gasteiger partial charge in [-0.25, -0.2) is 0 Å². The van der Waals surface area contributed by atoms with Crippen molar-refractivity contribution in [1.29, 1.82) is 0 Å². The molecule has 1 aromatic rings. The van der Waals surface area contributed by atoms with E-state index in [9.17, 15) is 0 Å². The molecule has 184 valence electrons. The Balaban J connectivity index is 0.00000272. The average Bonchev–Trinajstić information content (AvgIpc) is 3.12. The van der Waals surface area contributed by atoms with Crippen LogP contribution >= 0.6 is 24.8 Å². The van der Waals surface area contributed by atoms with Gasteiger partial charge in [-0.15, -0.1) is 24.8 Å². The molecule has 2 unspecified atom stereocenters. The van der Waals surface area contributed by atoms with Gasteiger partial charge in [-0.3, -0.25) is 0 Å². The van der Waals surface area contributed by atoms with Gasteiger partial charge in [0.1, 0.15) is 0 Å². The molecule has 1 aromatic carbocycles. The zero-order valence-corrected chi connectivity index (χ0v) is 28.2. The SMILES string of the molecule is CC1=[C]([Zr]([CH3])(=[SiH2])([C]2=C(C)C(C(C)(C)C)=CC2C)[c]2ccccc2)C(C)C=C1C(C)(C)C.Cl.Cl. The van der Waals surface area contributed by atoms with Crippen molar-refractivity contribution < 1.29 is 17.4 Å². The zero-order chi connectivity index (χ0) is 23.6. The van der Waals surface area contributed by atoms with Crippen LogP contribution in [-0.4, -0.2) is 6.88 Å². The number of allylic oxidation sites excluding steroid dienone is 8. The first kappa shape index (κ1) is 30.9. The zero-order valence-electron chi connectivity index (χ0n) is 22.7. The number of rotatable bonds is 3. The first-order valence-corrected chi connectivity index (χ1v) is 24.1. The van der Waals surface area contributed by atoms with E-state index in [4.69, 9.17) is 0 Å². The Morgan fingerprint density at radius 3 is 1.30 bits per heavy atom. The third kappa shape index (κ3) is 4.94. The molecule has 0 aliphatic heterocycles. The Bertz CT molecular complexity index is 1040. The van der Waals surface area contributed by atoms with E-state index in [-0.39, 0.29) is 35.6 Å². The van der Waals surface area contributed by atoms with Crippen molar-refractivity contribution in [2.45, 2.75) is 73.9 Å². The third-order valence-corrected chi connectivity index (χ3v) is 30.8. The molecule has 3 rings (SSSR count). The van der Waals surface area contributed by atoms with Gasteiger partial charge >= 0.3 is 195 Å². The van der Waals surface area contributed by atoms with Crippen LogP contribution in [0.25, 0.3) is 0 Å². The first-order valence-electron chi connectivity index (χ1n) is 12.0. The van der Waals surface area contributed by atoms with Gasteiger partial charge in [-0.05, 0) is 0 Å². The summed E-state index contributed by atoms with van der Waals surface area (Å²) < 4.78 is 7.94. The fourth-order valence-electron chi connectivity index (χ4n) is 7.11. The van der Waals surface area contributed by atoms with Crippen molar-refractivity contribution in [2.75, 3.05) is 0 Å². The molecular formula is C29H46Cl2SiZr. The van der Waals surface area contributed by atoms with Crippen LogP contribution < -0.4 is 3.27 Å². The largest absolute Gasteiger partial charge is 0.147 e. The van der Waals surface area contributed by atoms with Crippen molar-refractivity contribution in [2.24, 2.45) is 22.7 Å². The third-order valence-electron chi connectivity index (χ3n) is 7.99. The maximum absolute atomic E-state index is 3.80. The minimum Gasteiger partial charge on any atom is -0.147 e. The molecule has 0 spiro atoms. The molecule has 0 fully saturated rings. The normalized spacial score (nSPS) is 22.1. The number of halogens is 2. The average molecular weight is 585 g/mol. The Kier molecular flexibility index (Phi) is 9.10. The first-order chi connectivity index (χ1) is 14.0. The van der Waals surface area contributed by atoms with Crippen molar-refractivity contribution >= 4 is 35.0 Å². The molecule has 0 aromatic heterocycles. The molecule has 2 aliphatic carbocycles. The van der Waals surface area contributed by atoms with Crippen molar-refractivity contribution in [3.63, 3.8) is 0 Å². The molecule has 4 heteroatoms. The van der Waals surface area contributed by atoms with E-state index in [0.29, 0.717) is 11.8 Å². The van der Waals surface area contributed by atoms with Crippen LogP contribution in [0.15, 0.2) is 71.3 Å². The van der Waals surface area contributed by atoms with Crippen LogP contribution in [0.5, 0.6) is 0 Å². The fourth-order valence-corrected chi connectivity index (χ4v) is 32.5. The minimum atomic E-state index is -3.80. The second-order valence-electron chi connectivity index (χ2n) is 12.7. The molecular weight excluding hydrogens is 539 g/mol. The fraction of sp³-hybridized carbons (Fsp3) is 0.517. The molecule has 2 aliphatic rings. The number of hydrogen-bond acceptors (Lipinski definition) is 0. The molecule has 0 N–H and O–H groups in total. The number of hydrogen-bond donors (Lipinski definition) is 0. The second-order valence-corrected chi connectivity index (χ2v) is 37.1. The molecule has 0 amide bonds. The second kappa shape index (κ2) is 9.72. The molecule has 0 bridgehead atoms. The Morgan fingerprint density at radius 1 is 0.697 bits per heavy atom. The summed E-state index contributed by atoms with van der Waals surface area (Å²) in [5.41, 5.74) is 6.66. The molecule has 0 saturated carbocycles. The van der Waals surface area contributed by atoms with Crippen molar-refractivity contribution in [1.82, 2.24) is 0 Å². The Morgan fingerprint density at radius 2 is 1.03 bits per heavy atom. The van der Waals surface area contributed by atoms with Gasteiger partial charge in [0.15, 0.2) is 0 Å². The van der Waals surface area contributed by atoms with Crippen molar-refractivity contribution in [3.05, 3.63) is 71.3 Å². The summed E-state index contributed by atoms with van der Waals surface area (Å²) in [5.74, 6) is 1.02. The standard InChI is InChI=1S/2C11H17.C6H5.CH3.2ClH.H2Si.Zr/c2*1-8-6-9(2)10(7-8)11(3,4)5;1-2-4-6-5-3-1;;;;;/h2*7-8H,1-5H3;1-5H;1H3;2*1H;1H2;. The van der Waals surface area contributed by atoms with Crippen LogP contribution in [-0.2, 0) is 17.4 Å². The molecule has 0 radical (unpaired) electrons. The van der Waals surface area contributed by atoms with Crippen LogP contribution in [0.1, 0.15) is 69.2 Å². The summed E-state index contributed by atoms with van der Waals surface area (Å²) in [6, 6.07) is 11.6. The quantitative estimate of drug-likeness (QED) is 0.314. The maximum atomic E-state index is 2.73. The maximum Gasteiger partial charge on any atom is -0.147 e. The van der Waals surface area contributed by atoms with E-state index in [1.54, 1.807) is 32.1 Å². The smallest absolute Gasteiger partial charge is 0.147 e. The topological polar surface area (TPSA) is 0 Å². The summed E-state index contributed by atoms with van der Waals surface area (Å²) in [6.07, 6.45) is 5.18. The van der Waals surface area contributed by atoms with Crippen LogP contribution in [0, 0.1) is 22.7 Å². The van der Waals surface area contributed by atoms with Gasteiger partial charge in [-0.2, -0.15) is 0 Å². The van der Waals surface area contributed by atoms with E-state index in [2.05, 4.69) is 123 Å². The number of benzene rings is 1. The summed E-state index contributed by atoms with van der Waals surface area (Å²) in [5, 5.41) is 0. The molecule has 0 nitrogen and oxygen atoms in total. The molecule has 33 heavy (non-hydrogen) atoms. The van der Waals surface area contributed by atoms with E-state index in [1.807, 2.05) is 0 Å². The van der Waals surface area contributed by atoms with Crippen LogP contribution in [0.3, 0.4) is 0 Å². The Labute approximate surface area is 218 Å². The van der Waals surface area contributed by atoms with Crippen LogP contribution in [0.2, 0.25) is 4.63 Å². The monoisotopic (exact) mass is 582 g/mol. The van der Waals surface area contributed by atoms with E-state index in [0.717, 1.165) is 0 Å². The van der Waals surface area contributed by atoms with E-state index >= 15 is 0 Å². The predicted molar refractivity (Wildman–Crippen MR) is 154 cm³/mol. The Hall–Kier alpha value is -0.140. The van der Waals surface area contributed by atoms with Gasteiger partial charge in [-0.1, -0.05) is 0 Å². The van der Waals surface area contributed by atoms with Crippen molar-refractivity contribution in [3.8, 4) is 0 Å². The molecule has 0 heterocycles. The molecule has 0 saturated heterocycles. The molecule has 2 atom stereocenters. The minimum absolute atomic E-state index is 0. The summed E-state index contributed by atoms with van der Waals surface area (Å²) in [7, 11) is 0. The van der Waals surface area contributed by atoms with Gasteiger partial charge in [0.25, 0.3) is 0 Å². The van der Waals surface area contributed by atoms with Gasteiger partial charge < -0.3 is 0 Å².